The fourth-order valence-corrected chi connectivity index (χ4v) is 4.07. The van der Waals surface area contributed by atoms with Crippen LogP contribution in [-0.4, -0.2) is 42.5 Å². The predicted octanol–water partition coefficient (Wildman–Crippen LogP) is 2.19. The van der Waals surface area contributed by atoms with Crippen molar-refractivity contribution >= 4 is 34.2 Å². The number of fused-ring (bicyclic) bond motifs is 1. The van der Waals surface area contributed by atoms with Gasteiger partial charge in [-0.25, -0.2) is 4.79 Å². The molecule has 4 rings (SSSR count). The summed E-state index contributed by atoms with van der Waals surface area (Å²) in [6.45, 7) is 2.15. The van der Waals surface area contributed by atoms with Crippen LogP contribution in [0, 0.1) is 11.3 Å². The number of imide groups is 1. The highest BCUT2D eigenvalue weighted by atomic mass is 32.1. The van der Waals surface area contributed by atoms with Crippen LogP contribution in [0.1, 0.15) is 24.5 Å². The third kappa shape index (κ3) is 3.44. The zero-order chi connectivity index (χ0) is 21.3. The molecule has 2 N–H and O–H groups in total. The first kappa shape index (κ1) is 19.7. The largest absolute Gasteiger partial charge is 0.490 e. The monoisotopic (exact) mass is 426 g/mol. The smallest absolute Gasteiger partial charge is 0.325 e. The fraction of sp³-hybridized carbons (Fsp3) is 0.300. The molecule has 1 fully saturated rings. The minimum Gasteiger partial charge on any atom is -0.490 e. The standard InChI is InChI=1S/C20H18N4O5S/c1-20(13-3-4-14-15(9-13)29-7-2-6-28-14)18(26)24(19(27)23-20)11-16(25)22-17-12(10-21)5-8-30-17/h3-5,8-9H,2,6-7,11H2,1H3,(H,22,25)(H,23,27). The molecule has 154 valence electrons. The minimum atomic E-state index is -1.34. The quantitative estimate of drug-likeness (QED) is 0.723. The average molecular weight is 426 g/mol. The normalized spacial score (nSPS) is 20.3. The van der Waals surface area contributed by atoms with E-state index in [-0.39, 0.29) is 0 Å². The number of nitriles is 1. The summed E-state index contributed by atoms with van der Waals surface area (Å²) in [5.41, 5.74) is -0.497. The van der Waals surface area contributed by atoms with Crippen LogP contribution in [-0.2, 0) is 15.1 Å². The zero-order valence-electron chi connectivity index (χ0n) is 16.1. The molecule has 0 saturated carbocycles. The maximum Gasteiger partial charge on any atom is 0.325 e. The summed E-state index contributed by atoms with van der Waals surface area (Å²) in [7, 11) is 0. The molecule has 0 aliphatic carbocycles. The Morgan fingerprint density at radius 1 is 1.30 bits per heavy atom. The number of nitrogens with one attached hydrogen (secondary N) is 2. The molecule has 2 aliphatic heterocycles. The SMILES string of the molecule is CC1(c2ccc3c(c2)OCCCO3)NC(=O)N(CC(=O)Nc2sccc2C#N)C1=O. The third-order valence-corrected chi connectivity index (χ3v) is 5.77. The molecule has 10 heteroatoms. The molecule has 4 amide bonds. The highest BCUT2D eigenvalue weighted by Crippen LogP contribution is 2.36. The van der Waals surface area contributed by atoms with Gasteiger partial charge < -0.3 is 20.1 Å². The summed E-state index contributed by atoms with van der Waals surface area (Å²) in [4.78, 5) is 38.8. The van der Waals surface area contributed by atoms with Gasteiger partial charge in [0, 0.05) is 6.42 Å². The molecule has 9 nitrogen and oxygen atoms in total. The van der Waals surface area contributed by atoms with E-state index in [0.29, 0.717) is 40.8 Å². The van der Waals surface area contributed by atoms with Crippen molar-refractivity contribution in [1.29, 1.82) is 5.26 Å². The van der Waals surface area contributed by atoms with Crippen LogP contribution in [0.5, 0.6) is 11.5 Å². The molecule has 2 aliphatic rings. The number of anilines is 1. The first-order chi connectivity index (χ1) is 14.4. The van der Waals surface area contributed by atoms with E-state index in [9.17, 15) is 14.4 Å². The molecule has 1 aromatic carbocycles. The van der Waals surface area contributed by atoms with Gasteiger partial charge in [-0.05, 0) is 36.1 Å². The lowest BCUT2D eigenvalue weighted by Crippen LogP contribution is -2.42. The van der Waals surface area contributed by atoms with E-state index in [1.54, 1.807) is 36.6 Å². The highest BCUT2D eigenvalue weighted by molar-refractivity contribution is 7.14. The van der Waals surface area contributed by atoms with Crippen molar-refractivity contribution in [3.63, 3.8) is 0 Å². The molecule has 1 saturated heterocycles. The first-order valence-electron chi connectivity index (χ1n) is 9.24. The second kappa shape index (κ2) is 7.68. The van der Waals surface area contributed by atoms with Crippen molar-refractivity contribution in [2.45, 2.75) is 18.9 Å². The van der Waals surface area contributed by atoms with Gasteiger partial charge >= 0.3 is 6.03 Å². The number of thiophene rings is 1. The Balaban J connectivity index is 1.52. The van der Waals surface area contributed by atoms with E-state index in [0.717, 1.165) is 11.3 Å². The molecule has 3 heterocycles. The highest BCUT2D eigenvalue weighted by Gasteiger charge is 2.49. The number of amides is 4. The lowest BCUT2D eigenvalue weighted by Gasteiger charge is -2.23. The summed E-state index contributed by atoms with van der Waals surface area (Å²) in [6.07, 6.45) is 0.748. The number of hydrogen-bond donors (Lipinski definition) is 2. The molecular weight excluding hydrogens is 408 g/mol. The number of rotatable bonds is 4. The van der Waals surface area contributed by atoms with Gasteiger partial charge in [-0.1, -0.05) is 6.07 Å². The second-order valence-corrected chi connectivity index (χ2v) is 7.90. The summed E-state index contributed by atoms with van der Waals surface area (Å²) in [5, 5.41) is 16.3. The van der Waals surface area contributed by atoms with Gasteiger partial charge in [0.25, 0.3) is 5.91 Å². The molecule has 1 unspecified atom stereocenters. The summed E-state index contributed by atoms with van der Waals surface area (Å²) in [6, 6.07) is 7.95. The Morgan fingerprint density at radius 3 is 2.83 bits per heavy atom. The van der Waals surface area contributed by atoms with E-state index in [4.69, 9.17) is 14.7 Å². The third-order valence-electron chi connectivity index (χ3n) is 4.94. The Hall–Kier alpha value is -3.58. The topological polar surface area (TPSA) is 121 Å². The van der Waals surface area contributed by atoms with E-state index in [1.807, 2.05) is 6.07 Å². The van der Waals surface area contributed by atoms with Gasteiger partial charge in [-0.2, -0.15) is 5.26 Å². The second-order valence-electron chi connectivity index (χ2n) is 6.98. The van der Waals surface area contributed by atoms with E-state index < -0.39 is 29.9 Å². The van der Waals surface area contributed by atoms with Gasteiger partial charge in [0.15, 0.2) is 11.5 Å². The number of ether oxygens (including phenoxy) is 2. The number of nitrogens with zero attached hydrogens (tertiary/aromatic N) is 2. The van der Waals surface area contributed by atoms with Gasteiger partial charge in [0.05, 0.1) is 18.8 Å². The van der Waals surface area contributed by atoms with Crippen LogP contribution in [0.15, 0.2) is 29.6 Å². The van der Waals surface area contributed by atoms with Crippen LogP contribution in [0.3, 0.4) is 0 Å². The summed E-state index contributed by atoms with van der Waals surface area (Å²) < 4.78 is 11.3. The first-order valence-corrected chi connectivity index (χ1v) is 10.1. The molecule has 0 radical (unpaired) electrons. The lowest BCUT2D eigenvalue weighted by molar-refractivity contribution is -0.133. The van der Waals surface area contributed by atoms with Gasteiger partial charge in [0.1, 0.15) is 23.2 Å². The Labute approximate surface area is 176 Å². The Morgan fingerprint density at radius 2 is 2.07 bits per heavy atom. The molecular formula is C20H18N4O5S. The molecule has 1 aromatic heterocycles. The number of carbonyl (C=O) groups is 3. The van der Waals surface area contributed by atoms with Gasteiger partial charge in [-0.15, -0.1) is 11.3 Å². The number of carbonyl (C=O) groups excluding carboxylic acids is 3. The Kier molecular flexibility index (Phi) is 5.05. The fourth-order valence-electron chi connectivity index (χ4n) is 3.31. The van der Waals surface area contributed by atoms with E-state index in [2.05, 4.69) is 10.6 Å². The van der Waals surface area contributed by atoms with Crippen molar-refractivity contribution < 1.29 is 23.9 Å². The number of hydrogen-bond acceptors (Lipinski definition) is 7. The maximum absolute atomic E-state index is 13.1. The molecule has 1 atom stereocenters. The van der Waals surface area contributed by atoms with Crippen LogP contribution < -0.4 is 20.1 Å². The van der Waals surface area contributed by atoms with Crippen LogP contribution in [0.25, 0.3) is 0 Å². The van der Waals surface area contributed by atoms with Crippen LogP contribution in [0.4, 0.5) is 9.80 Å². The average Bonchev–Trinajstić information content (AvgIpc) is 3.15. The van der Waals surface area contributed by atoms with E-state index in [1.165, 1.54) is 11.3 Å². The van der Waals surface area contributed by atoms with Crippen molar-refractivity contribution in [1.82, 2.24) is 10.2 Å². The molecule has 0 bridgehead atoms. The number of urea groups is 1. The van der Waals surface area contributed by atoms with Crippen molar-refractivity contribution in [2.75, 3.05) is 25.1 Å². The predicted molar refractivity (Wildman–Crippen MR) is 107 cm³/mol. The Bertz CT molecular complexity index is 1080. The van der Waals surface area contributed by atoms with Crippen molar-refractivity contribution in [3.8, 4) is 17.6 Å². The van der Waals surface area contributed by atoms with E-state index >= 15 is 0 Å². The van der Waals surface area contributed by atoms with Crippen LogP contribution >= 0.6 is 11.3 Å². The number of benzene rings is 1. The minimum absolute atomic E-state index is 0.322. The lowest BCUT2D eigenvalue weighted by atomic mass is 9.91. The molecule has 30 heavy (non-hydrogen) atoms. The zero-order valence-corrected chi connectivity index (χ0v) is 16.9. The molecule has 2 aromatic rings. The molecule has 0 spiro atoms. The van der Waals surface area contributed by atoms with Crippen molar-refractivity contribution in [2.24, 2.45) is 0 Å². The van der Waals surface area contributed by atoms with Gasteiger partial charge in [0.2, 0.25) is 5.91 Å². The maximum atomic E-state index is 13.1. The summed E-state index contributed by atoms with van der Waals surface area (Å²) >= 11 is 1.19. The van der Waals surface area contributed by atoms with Crippen molar-refractivity contribution in [3.05, 3.63) is 40.8 Å². The van der Waals surface area contributed by atoms with Crippen LogP contribution in [0.2, 0.25) is 0 Å². The summed E-state index contributed by atoms with van der Waals surface area (Å²) in [5.74, 6) is -0.0347. The van der Waals surface area contributed by atoms with Gasteiger partial charge in [-0.3, -0.25) is 14.5 Å².